The summed E-state index contributed by atoms with van der Waals surface area (Å²) in [5.41, 5.74) is 4.45. The van der Waals surface area contributed by atoms with Gasteiger partial charge >= 0.3 is 11.9 Å². The molecule has 0 atom stereocenters. The van der Waals surface area contributed by atoms with Gasteiger partial charge in [0.05, 0.1) is 24.5 Å². The number of carbonyl (C=O) groups is 2. The number of cyclic esters (lactones) is 2. The van der Waals surface area contributed by atoms with E-state index in [2.05, 4.69) is 10.5 Å². The maximum Gasteiger partial charge on any atom is 0.359 e. The summed E-state index contributed by atoms with van der Waals surface area (Å²) in [5.74, 6) is -0.912. The molecule has 6 nitrogen and oxygen atoms in total. The Hall–Kier alpha value is -3.15. The number of anilines is 1. The summed E-state index contributed by atoms with van der Waals surface area (Å²) in [5, 5.41) is 4.22. The Balaban J connectivity index is 1.96. The number of rotatable bonds is 1. The third-order valence-corrected chi connectivity index (χ3v) is 3.93. The van der Waals surface area contributed by atoms with Crippen LogP contribution < -0.4 is 5.43 Å². The summed E-state index contributed by atoms with van der Waals surface area (Å²) in [6.07, 6.45) is 2.23. The highest BCUT2D eigenvalue weighted by Crippen LogP contribution is 2.17. The lowest BCUT2D eigenvalue weighted by molar-refractivity contribution is -0.135. The van der Waals surface area contributed by atoms with E-state index in [1.54, 1.807) is 36.4 Å². The predicted molar refractivity (Wildman–Crippen MR) is 98.1 cm³/mol. The minimum atomic E-state index is -0.499. The summed E-state index contributed by atoms with van der Waals surface area (Å²) >= 11 is 0. The van der Waals surface area contributed by atoms with Crippen LogP contribution in [0.4, 0.5) is 5.69 Å². The number of fused-ring (bicyclic) bond motifs is 1. The fourth-order valence-corrected chi connectivity index (χ4v) is 2.56. The second-order valence-corrected chi connectivity index (χ2v) is 5.82. The molecule has 1 aliphatic heterocycles. The monoisotopic (exact) mass is 352 g/mol. The lowest BCUT2D eigenvalue weighted by Gasteiger charge is -2.12. The Labute approximate surface area is 151 Å². The van der Waals surface area contributed by atoms with Crippen molar-refractivity contribution in [1.82, 2.24) is 0 Å². The molecule has 0 fully saturated rings. The molecule has 0 aromatic heterocycles. The van der Waals surface area contributed by atoms with E-state index in [1.165, 1.54) is 0 Å². The van der Waals surface area contributed by atoms with Gasteiger partial charge in [-0.3, -0.25) is 5.43 Å². The third-order valence-electron chi connectivity index (χ3n) is 3.93. The quantitative estimate of drug-likeness (QED) is 0.796. The number of esters is 2. The Morgan fingerprint density at radius 2 is 1.42 bits per heavy atom. The molecule has 3 rings (SSSR count). The number of para-hydroxylation sites is 1. The molecule has 2 aromatic rings. The van der Waals surface area contributed by atoms with Crippen LogP contribution in [0.5, 0.6) is 0 Å². The summed E-state index contributed by atoms with van der Waals surface area (Å²) in [6.45, 7) is 0.634. The van der Waals surface area contributed by atoms with Gasteiger partial charge in [0, 0.05) is 5.56 Å². The zero-order valence-corrected chi connectivity index (χ0v) is 14.3. The van der Waals surface area contributed by atoms with Crippen LogP contribution in [0, 0.1) is 0 Å². The first-order valence-electron chi connectivity index (χ1n) is 8.58. The van der Waals surface area contributed by atoms with E-state index in [0.717, 1.165) is 12.8 Å². The maximum absolute atomic E-state index is 12.5. The van der Waals surface area contributed by atoms with Crippen LogP contribution in [0.15, 0.2) is 59.7 Å². The number of ether oxygens (including phenoxy) is 2. The van der Waals surface area contributed by atoms with E-state index in [9.17, 15) is 9.59 Å². The highest BCUT2D eigenvalue weighted by molar-refractivity contribution is 6.43. The van der Waals surface area contributed by atoms with Crippen LogP contribution in [0.3, 0.4) is 0 Å². The lowest BCUT2D eigenvalue weighted by Crippen LogP contribution is -2.21. The highest BCUT2D eigenvalue weighted by atomic mass is 16.5. The second kappa shape index (κ2) is 8.80. The van der Waals surface area contributed by atoms with Crippen LogP contribution in [-0.2, 0) is 14.3 Å². The van der Waals surface area contributed by atoms with Gasteiger partial charge < -0.3 is 9.47 Å². The molecule has 6 heteroatoms. The molecule has 0 saturated heterocycles. The number of hydrazone groups is 1. The number of nitrogens with zero attached hydrogens (tertiary/aromatic N) is 1. The van der Waals surface area contributed by atoms with Gasteiger partial charge in [0.15, 0.2) is 5.71 Å². The van der Waals surface area contributed by atoms with Gasteiger partial charge in [-0.05, 0) is 31.4 Å². The van der Waals surface area contributed by atoms with Crippen molar-refractivity contribution in [3.8, 4) is 0 Å². The fraction of sp³-hybridized carbons (Fsp3) is 0.250. The van der Waals surface area contributed by atoms with E-state index < -0.39 is 11.9 Å². The summed E-state index contributed by atoms with van der Waals surface area (Å²) in [4.78, 5) is 24.8. The average molecular weight is 352 g/mol. The topological polar surface area (TPSA) is 77.0 Å². The number of carbonyl (C=O) groups excluding carboxylic acids is 2. The molecule has 1 heterocycles. The SMILES string of the molecule is O=C1OCCCCCOC(=O)c2ccccc2NN=C1c1ccccc1. The fourth-order valence-electron chi connectivity index (χ4n) is 2.56. The Bertz CT molecular complexity index is 802. The van der Waals surface area contributed by atoms with Crippen molar-refractivity contribution in [3.63, 3.8) is 0 Å². The molecule has 0 bridgehead atoms. The minimum absolute atomic E-state index is 0.158. The van der Waals surface area contributed by atoms with Crippen LogP contribution in [-0.4, -0.2) is 30.9 Å². The standard InChI is InChI=1S/C20H20N2O4/c23-19-16-11-5-6-12-17(16)21-22-18(15-9-3-1-4-10-15)20(24)26-14-8-2-7-13-25-19/h1,3-6,9-12,21H,2,7-8,13-14H2. The number of nitrogens with one attached hydrogen (secondary N) is 1. The van der Waals surface area contributed by atoms with Gasteiger partial charge in [0.1, 0.15) is 0 Å². The largest absolute Gasteiger partial charge is 0.462 e. The van der Waals surface area contributed by atoms with Crippen LogP contribution >= 0.6 is 0 Å². The van der Waals surface area contributed by atoms with Crippen molar-refractivity contribution in [3.05, 3.63) is 65.7 Å². The molecule has 0 radical (unpaired) electrons. The Kier molecular flexibility index (Phi) is 5.98. The van der Waals surface area contributed by atoms with Gasteiger partial charge in [-0.25, -0.2) is 9.59 Å². The molecule has 0 unspecified atom stereocenters. The van der Waals surface area contributed by atoms with Crippen molar-refractivity contribution in [2.45, 2.75) is 19.3 Å². The third kappa shape index (κ3) is 4.47. The molecular formula is C20H20N2O4. The molecule has 134 valence electrons. The average Bonchev–Trinajstić information content (AvgIpc) is 2.68. The van der Waals surface area contributed by atoms with E-state index in [4.69, 9.17) is 9.47 Å². The smallest absolute Gasteiger partial charge is 0.359 e. The molecule has 2 aromatic carbocycles. The number of hydrogen-bond acceptors (Lipinski definition) is 6. The molecule has 0 aliphatic carbocycles. The summed E-state index contributed by atoms with van der Waals surface area (Å²) in [7, 11) is 0. The normalized spacial score (nSPS) is 16.2. The van der Waals surface area contributed by atoms with Crippen molar-refractivity contribution >= 4 is 23.3 Å². The van der Waals surface area contributed by atoms with Crippen molar-refractivity contribution in [1.29, 1.82) is 0 Å². The summed E-state index contributed by atoms with van der Waals surface area (Å²) in [6, 6.07) is 16.0. The van der Waals surface area contributed by atoms with Gasteiger partial charge in [-0.2, -0.15) is 5.10 Å². The van der Waals surface area contributed by atoms with Crippen LogP contribution in [0.25, 0.3) is 0 Å². The van der Waals surface area contributed by atoms with Crippen molar-refractivity contribution < 1.29 is 19.1 Å². The first kappa shape index (κ1) is 17.7. The first-order chi connectivity index (χ1) is 12.8. The molecule has 0 amide bonds. The van der Waals surface area contributed by atoms with Gasteiger partial charge in [0.2, 0.25) is 0 Å². The predicted octanol–water partition coefficient (Wildman–Crippen LogP) is 3.39. The molecule has 1 N–H and O–H groups in total. The van der Waals surface area contributed by atoms with Crippen LogP contribution in [0.1, 0.15) is 35.2 Å². The molecule has 0 saturated carbocycles. The molecule has 1 aliphatic rings. The molecular weight excluding hydrogens is 332 g/mol. The van der Waals surface area contributed by atoms with E-state index in [0.29, 0.717) is 36.4 Å². The second-order valence-electron chi connectivity index (χ2n) is 5.82. The van der Waals surface area contributed by atoms with Gasteiger partial charge in [0.25, 0.3) is 0 Å². The van der Waals surface area contributed by atoms with E-state index >= 15 is 0 Å². The van der Waals surface area contributed by atoms with Gasteiger partial charge in [-0.1, -0.05) is 42.5 Å². The van der Waals surface area contributed by atoms with Crippen LogP contribution in [0.2, 0.25) is 0 Å². The van der Waals surface area contributed by atoms with Gasteiger partial charge in [-0.15, -0.1) is 0 Å². The zero-order chi connectivity index (χ0) is 18.2. The zero-order valence-electron chi connectivity index (χ0n) is 14.3. The Morgan fingerprint density at radius 3 is 2.19 bits per heavy atom. The first-order valence-corrected chi connectivity index (χ1v) is 8.58. The number of hydrogen-bond donors (Lipinski definition) is 1. The lowest BCUT2D eigenvalue weighted by atomic mass is 10.1. The molecule has 0 spiro atoms. The minimum Gasteiger partial charge on any atom is -0.462 e. The number of benzene rings is 2. The molecule has 26 heavy (non-hydrogen) atoms. The van der Waals surface area contributed by atoms with E-state index in [-0.39, 0.29) is 5.71 Å². The maximum atomic E-state index is 12.5. The van der Waals surface area contributed by atoms with E-state index in [1.807, 2.05) is 18.2 Å². The highest BCUT2D eigenvalue weighted by Gasteiger charge is 2.18. The van der Waals surface area contributed by atoms with Crippen molar-refractivity contribution in [2.75, 3.05) is 18.6 Å². The Morgan fingerprint density at radius 1 is 0.769 bits per heavy atom. The summed E-state index contributed by atoms with van der Waals surface area (Å²) < 4.78 is 10.7. The van der Waals surface area contributed by atoms with Crippen molar-refractivity contribution in [2.24, 2.45) is 5.10 Å².